The van der Waals surface area contributed by atoms with E-state index in [2.05, 4.69) is 52.3 Å². The zero-order chi connectivity index (χ0) is 20.3. The molecule has 3 saturated carbocycles. The van der Waals surface area contributed by atoms with E-state index in [1.54, 1.807) is 0 Å². The van der Waals surface area contributed by atoms with Gasteiger partial charge in [0.15, 0.2) is 8.32 Å². The SMILES string of the molecule is C[C@]12CCC3C(CC[C@H]4C[C@H](O[Si](C)(C)C)CCC34)C1CC=C2O[Si](C)(C)C. The van der Waals surface area contributed by atoms with Crippen LogP contribution in [0, 0.1) is 35.0 Å². The van der Waals surface area contributed by atoms with Crippen LogP contribution in [-0.2, 0) is 8.85 Å². The Balaban J connectivity index is 1.44. The Morgan fingerprint density at radius 3 is 2.25 bits per heavy atom. The van der Waals surface area contributed by atoms with Gasteiger partial charge in [-0.1, -0.05) is 6.92 Å². The van der Waals surface area contributed by atoms with Crippen molar-refractivity contribution in [3.05, 3.63) is 11.8 Å². The molecule has 0 N–H and O–H groups in total. The highest BCUT2D eigenvalue weighted by Gasteiger charge is 2.56. The minimum Gasteiger partial charge on any atom is -0.547 e. The average molecular weight is 421 g/mol. The molecule has 4 aliphatic carbocycles. The maximum Gasteiger partial charge on any atom is 0.241 e. The van der Waals surface area contributed by atoms with Gasteiger partial charge >= 0.3 is 0 Å². The van der Waals surface area contributed by atoms with Crippen LogP contribution in [0.5, 0.6) is 0 Å². The summed E-state index contributed by atoms with van der Waals surface area (Å²) in [7, 11) is -2.93. The summed E-state index contributed by atoms with van der Waals surface area (Å²) in [6, 6.07) is 0. The molecule has 4 unspecified atom stereocenters. The molecular weight excluding hydrogens is 376 g/mol. The van der Waals surface area contributed by atoms with Crippen LogP contribution < -0.4 is 0 Å². The highest BCUT2D eigenvalue weighted by molar-refractivity contribution is 6.70. The van der Waals surface area contributed by atoms with Crippen LogP contribution in [0.1, 0.15) is 58.3 Å². The van der Waals surface area contributed by atoms with Crippen LogP contribution in [0.4, 0.5) is 0 Å². The van der Waals surface area contributed by atoms with Crippen molar-refractivity contribution in [1.29, 1.82) is 0 Å². The van der Waals surface area contributed by atoms with Gasteiger partial charge in [0.05, 0.1) is 5.76 Å². The van der Waals surface area contributed by atoms with Crippen LogP contribution >= 0.6 is 0 Å². The second-order valence-corrected chi connectivity index (χ2v) is 21.5. The van der Waals surface area contributed by atoms with Crippen LogP contribution in [0.25, 0.3) is 0 Å². The standard InChI is InChI=1S/C24H44O2Si2/c1-24-15-14-20-19-11-9-18(25-27(2,3)4)16-17(19)8-10-21(20)22(24)12-13-23(24)26-28(5,6)7/h13,17-22H,8-12,14-16H2,1-7H3/t17-,18+,19?,20?,21?,22?,24-/m0/s1. The Kier molecular flexibility index (Phi) is 5.49. The van der Waals surface area contributed by atoms with E-state index in [1.165, 1.54) is 57.1 Å². The fourth-order valence-corrected chi connectivity index (χ4v) is 9.62. The molecule has 0 aromatic rings. The zero-order valence-electron chi connectivity index (χ0n) is 19.5. The summed E-state index contributed by atoms with van der Waals surface area (Å²) in [4.78, 5) is 0. The third-order valence-electron chi connectivity index (χ3n) is 8.35. The molecule has 0 heterocycles. The lowest BCUT2D eigenvalue weighted by atomic mass is 9.50. The summed E-state index contributed by atoms with van der Waals surface area (Å²) in [5.41, 5.74) is 0.326. The maximum absolute atomic E-state index is 6.61. The zero-order valence-corrected chi connectivity index (χ0v) is 21.5. The lowest BCUT2D eigenvalue weighted by Gasteiger charge is -2.56. The van der Waals surface area contributed by atoms with E-state index in [0.29, 0.717) is 11.5 Å². The summed E-state index contributed by atoms with van der Waals surface area (Å²) in [5.74, 6) is 6.05. The van der Waals surface area contributed by atoms with Gasteiger partial charge in [0.2, 0.25) is 8.32 Å². The van der Waals surface area contributed by atoms with E-state index < -0.39 is 16.6 Å². The fourth-order valence-electron chi connectivity index (χ4n) is 7.43. The molecule has 28 heavy (non-hydrogen) atoms. The van der Waals surface area contributed by atoms with Crippen molar-refractivity contribution in [2.45, 2.75) is 104 Å². The third kappa shape index (κ3) is 4.07. The number of hydrogen-bond donors (Lipinski definition) is 0. The van der Waals surface area contributed by atoms with Crippen molar-refractivity contribution in [1.82, 2.24) is 0 Å². The summed E-state index contributed by atoms with van der Waals surface area (Å²) in [6.45, 7) is 16.6. The predicted octanol–water partition coefficient (Wildman–Crippen LogP) is 7.20. The van der Waals surface area contributed by atoms with Crippen molar-refractivity contribution in [3.63, 3.8) is 0 Å². The summed E-state index contributed by atoms with van der Waals surface area (Å²) in [6.07, 6.45) is 14.1. The van der Waals surface area contributed by atoms with Gasteiger partial charge in [-0.25, -0.2) is 0 Å². The van der Waals surface area contributed by atoms with E-state index >= 15 is 0 Å². The average Bonchev–Trinajstić information content (AvgIpc) is 2.88. The molecule has 0 aromatic carbocycles. The molecule has 2 nitrogen and oxygen atoms in total. The van der Waals surface area contributed by atoms with E-state index in [4.69, 9.17) is 8.85 Å². The minimum absolute atomic E-state index is 0.326. The Labute approximate surface area is 176 Å². The molecule has 0 aliphatic heterocycles. The van der Waals surface area contributed by atoms with Crippen LogP contribution in [-0.4, -0.2) is 22.7 Å². The van der Waals surface area contributed by atoms with Crippen molar-refractivity contribution in [2.24, 2.45) is 35.0 Å². The van der Waals surface area contributed by atoms with E-state index in [-0.39, 0.29) is 0 Å². The molecule has 0 radical (unpaired) electrons. The second kappa shape index (κ2) is 7.27. The van der Waals surface area contributed by atoms with Crippen molar-refractivity contribution in [3.8, 4) is 0 Å². The van der Waals surface area contributed by atoms with E-state index in [1.807, 2.05) is 0 Å². The Morgan fingerprint density at radius 1 is 0.857 bits per heavy atom. The van der Waals surface area contributed by atoms with Crippen molar-refractivity contribution >= 4 is 16.6 Å². The van der Waals surface area contributed by atoms with Gasteiger partial charge in [-0.3, -0.25) is 0 Å². The first-order valence-corrected chi connectivity index (χ1v) is 18.9. The normalized spacial score (nSPS) is 43.6. The molecule has 0 bridgehead atoms. The Hall–Kier alpha value is -0.0662. The molecule has 4 aliphatic rings. The largest absolute Gasteiger partial charge is 0.547 e. The third-order valence-corrected chi connectivity index (χ3v) is 10.2. The van der Waals surface area contributed by atoms with Gasteiger partial charge in [0.25, 0.3) is 0 Å². The lowest BCUT2D eigenvalue weighted by Crippen LogP contribution is -2.49. The molecule has 4 heteroatoms. The molecule has 0 aromatic heterocycles. The molecule has 3 fully saturated rings. The van der Waals surface area contributed by atoms with E-state index in [9.17, 15) is 0 Å². The van der Waals surface area contributed by atoms with Crippen LogP contribution in [0.3, 0.4) is 0 Å². The van der Waals surface area contributed by atoms with Crippen LogP contribution in [0.15, 0.2) is 11.8 Å². The van der Waals surface area contributed by atoms with E-state index in [0.717, 1.165) is 29.6 Å². The number of allylic oxidation sites excluding steroid dienone is 2. The monoisotopic (exact) mass is 420 g/mol. The fraction of sp³-hybridized carbons (Fsp3) is 0.917. The first-order chi connectivity index (χ1) is 13.0. The molecule has 0 amide bonds. The molecule has 4 rings (SSSR count). The quantitative estimate of drug-likeness (QED) is 0.447. The molecule has 0 spiro atoms. The van der Waals surface area contributed by atoms with Gasteiger partial charge in [-0.05, 0) is 126 Å². The topological polar surface area (TPSA) is 18.5 Å². The summed E-state index contributed by atoms with van der Waals surface area (Å²) in [5, 5.41) is 0. The first kappa shape index (κ1) is 21.2. The predicted molar refractivity (Wildman–Crippen MR) is 123 cm³/mol. The second-order valence-electron chi connectivity index (χ2n) is 12.6. The van der Waals surface area contributed by atoms with Gasteiger partial charge in [-0.2, -0.15) is 0 Å². The molecule has 0 saturated heterocycles. The smallest absolute Gasteiger partial charge is 0.241 e. The Morgan fingerprint density at radius 2 is 1.57 bits per heavy atom. The lowest BCUT2D eigenvalue weighted by molar-refractivity contribution is -0.0663. The van der Waals surface area contributed by atoms with Gasteiger partial charge < -0.3 is 8.85 Å². The Bertz CT molecular complexity index is 617. The van der Waals surface area contributed by atoms with Gasteiger partial charge in [-0.15, -0.1) is 0 Å². The minimum atomic E-state index is -1.52. The number of hydrogen-bond acceptors (Lipinski definition) is 2. The highest BCUT2D eigenvalue weighted by atomic mass is 28.4. The maximum atomic E-state index is 6.61. The van der Waals surface area contributed by atoms with Gasteiger partial charge in [0, 0.05) is 11.5 Å². The number of fused-ring (bicyclic) bond motifs is 5. The van der Waals surface area contributed by atoms with Gasteiger partial charge in [0.1, 0.15) is 0 Å². The summed E-state index contributed by atoms with van der Waals surface area (Å²) >= 11 is 0. The number of rotatable bonds is 4. The highest BCUT2D eigenvalue weighted by Crippen LogP contribution is 2.63. The molecule has 160 valence electrons. The summed E-state index contributed by atoms with van der Waals surface area (Å²) < 4.78 is 13.1. The van der Waals surface area contributed by atoms with Crippen molar-refractivity contribution in [2.75, 3.05) is 0 Å². The first-order valence-electron chi connectivity index (χ1n) is 12.0. The molecular formula is C24H44O2Si2. The van der Waals surface area contributed by atoms with Crippen molar-refractivity contribution < 1.29 is 8.85 Å². The van der Waals surface area contributed by atoms with Crippen LogP contribution in [0.2, 0.25) is 39.3 Å². The molecule has 7 atom stereocenters.